The molecular weight excluding hydrogens is 281 g/mol. The van der Waals surface area contributed by atoms with Crippen molar-refractivity contribution in [1.29, 1.82) is 0 Å². The van der Waals surface area contributed by atoms with Gasteiger partial charge < -0.3 is 10.1 Å². The van der Waals surface area contributed by atoms with E-state index in [0.717, 1.165) is 32.1 Å². The summed E-state index contributed by atoms with van der Waals surface area (Å²) in [5.74, 6) is 0.534. The molecule has 0 amide bonds. The molecule has 1 N–H and O–H groups in total. The number of hydrogen-bond acceptors (Lipinski definition) is 2. The minimum atomic E-state index is 0.534. The monoisotopic (exact) mass is 299 g/mol. The van der Waals surface area contributed by atoms with Crippen LogP contribution in [0, 0.1) is 5.92 Å². The molecule has 1 saturated carbocycles. The Kier molecular flexibility index (Phi) is 4.33. The molecule has 1 aliphatic carbocycles. The minimum absolute atomic E-state index is 0.534. The van der Waals surface area contributed by atoms with Gasteiger partial charge in [-0.25, -0.2) is 0 Å². The first-order valence-electron chi connectivity index (χ1n) is 7.00. The molecule has 2 nitrogen and oxygen atoms in total. The summed E-state index contributed by atoms with van der Waals surface area (Å²) in [7, 11) is 0. The van der Waals surface area contributed by atoms with E-state index in [1.54, 1.807) is 0 Å². The Labute approximate surface area is 124 Å². The van der Waals surface area contributed by atoms with Gasteiger partial charge in [0.05, 0.1) is 16.7 Å². The second-order valence-corrected chi connectivity index (χ2v) is 6.44. The zero-order valence-corrected chi connectivity index (χ0v) is 12.4. The fourth-order valence-electron chi connectivity index (χ4n) is 2.74. The number of ether oxygens (including phenoxy) is 1. The molecule has 3 rings (SSSR count). The molecule has 1 saturated heterocycles. The van der Waals surface area contributed by atoms with E-state index < -0.39 is 0 Å². The number of halogens is 2. The van der Waals surface area contributed by atoms with Crippen molar-refractivity contribution in [2.75, 3.05) is 13.2 Å². The van der Waals surface area contributed by atoms with Crippen molar-refractivity contribution in [2.45, 2.75) is 37.8 Å². The summed E-state index contributed by atoms with van der Waals surface area (Å²) in [6.45, 7) is 1.72. The highest BCUT2D eigenvalue weighted by Crippen LogP contribution is 2.28. The predicted molar refractivity (Wildman–Crippen MR) is 79.0 cm³/mol. The van der Waals surface area contributed by atoms with Crippen LogP contribution in [0.3, 0.4) is 0 Å². The van der Waals surface area contributed by atoms with E-state index in [1.807, 2.05) is 12.1 Å². The van der Waals surface area contributed by atoms with Crippen LogP contribution in [-0.4, -0.2) is 25.3 Å². The van der Waals surface area contributed by atoms with Crippen LogP contribution in [0.5, 0.6) is 0 Å². The molecule has 19 heavy (non-hydrogen) atoms. The lowest BCUT2D eigenvalue weighted by Gasteiger charge is -2.32. The van der Waals surface area contributed by atoms with Crippen molar-refractivity contribution < 1.29 is 4.74 Å². The van der Waals surface area contributed by atoms with Crippen LogP contribution < -0.4 is 5.32 Å². The number of hydrogen-bond donors (Lipinski definition) is 1. The highest BCUT2D eigenvalue weighted by atomic mass is 35.5. The van der Waals surface area contributed by atoms with Gasteiger partial charge in [-0.15, -0.1) is 0 Å². The van der Waals surface area contributed by atoms with E-state index in [-0.39, 0.29) is 0 Å². The van der Waals surface area contributed by atoms with Crippen LogP contribution in [0.25, 0.3) is 0 Å². The van der Waals surface area contributed by atoms with Crippen molar-refractivity contribution in [3.05, 3.63) is 33.8 Å². The van der Waals surface area contributed by atoms with Gasteiger partial charge in [0.15, 0.2) is 0 Å². The molecule has 0 spiro atoms. The van der Waals surface area contributed by atoms with Crippen molar-refractivity contribution in [2.24, 2.45) is 5.92 Å². The number of rotatable bonds is 4. The van der Waals surface area contributed by atoms with Crippen molar-refractivity contribution >= 4 is 23.2 Å². The molecule has 2 atom stereocenters. The van der Waals surface area contributed by atoms with E-state index in [4.69, 9.17) is 27.9 Å². The fraction of sp³-hybridized carbons (Fsp3) is 0.600. The Morgan fingerprint density at radius 1 is 1.16 bits per heavy atom. The number of nitrogens with one attached hydrogen (secondary N) is 1. The number of benzene rings is 1. The Morgan fingerprint density at radius 3 is 2.74 bits per heavy atom. The van der Waals surface area contributed by atoms with Gasteiger partial charge in [-0.2, -0.15) is 0 Å². The lowest BCUT2D eigenvalue weighted by atomic mass is 9.89. The van der Waals surface area contributed by atoms with E-state index in [0.29, 0.717) is 22.0 Å². The van der Waals surface area contributed by atoms with Crippen LogP contribution in [0.4, 0.5) is 0 Å². The average Bonchev–Trinajstić information content (AvgIpc) is 3.20. The maximum Gasteiger partial charge on any atom is 0.0595 e. The van der Waals surface area contributed by atoms with Gasteiger partial charge >= 0.3 is 0 Å². The molecule has 1 aliphatic heterocycles. The molecule has 2 aliphatic rings. The van der Waals surface area contributed by atoms with E-state index in [2.05, 4.69) is 11.4 Å². The third-order valence-electron chi connectivity index (χ3n) is 3.98. The van der Waals surface area contributed by atoms with Crippen LogP contribution in [0.2, 0.25) is 10.0 Å². The maximum atomic E-state index is 6.08. The Balaban J connectivity index is 1.66. The molecular formula is C15H19Cl2NO. The SMILES string of the molecule is Clc1ccc(CC2COCCC2NC2CC2)cc1Cl. The smallest absolute Gasteiger partial charge is 0.0595 e. The summed E-state index contributed by atoms with van der Waals surface area (Å²) in [5.41, 5.74) is 1.24. The minimum Gasteiger partial charge on any atom is -0.381 e. The van der Waals surface area contributed by atoms with Gasteiger partial charge in [0.1, 0.15) is 0 Å². The normalized spacial score (nSPS) is 27.5. The quantitative estimate of drug-likeness (QED) is 0.915. The molecule has 1 heterocycles. The lowest BCUT2D eigenvalue weighted by Crippen LogP contribution is -2.44. The van der Waals surface area contributed by atoms with E-state index >= 15 is 0 Å². The first kappa shape index (κ1) is 13.7. The van der Waals surface area contributed by atoms with Crippen LogP contribution in [0.1, 0.15) is 24.8 Å². The van der Waals surface area contributed by atoms with E-state index in [9.17, 15) is 0 Å². The molecule has 0 radical (unpaired) electrons. The van der Waals surface area contributed by atoms with Crippen molar-refractivity contribution in [3.63, 3.8) is 0 Å². The molecule has 1 aromatic rings. The molecule has 0 aromatic heterocycles. The molecule has 0 bridgehead atoms. The molecule has 2 fully saturated rings. The second kappa shape index (κ2) is 6.01. The van der Waals surface area contributed by atoms with Gasteiger partial charge in [-0.05, 0) is 43.4 Å². The fourth-order valence-corrected chi connectivity index (χ4v) is 3.06. The van der Waals surface area contributed by atoms with Gasteiger partial charge in [-0.3, -0.25) is 0 Å². The molecule has 1 aromatic carbocycles. The van der Waals surface area contributed by atoms with Crippen LogP contribution in [0.15, 0.2) is 18.2 Å². The lowest BCUT2D eigenvalue weighted by molar-refractivity contribution is 0.0316. The highest BCUT2D eigenvalue weighted by Gasteiger charge is 2.31. The summed E-state index contributed by atoms with van der Waals surface area (Å²) < 4.78 is 5.64. The van der Waals surface area contributed by atoms with Crippen molar-refractivity contribution in [3.8, 4) is 0 Å². The third kappa shape index (κ3) is 3.63. The predicted octanol–water partition coefficient (Wildman–Crippen LogP) is 3.69. The largest absolute Gasteiger partial charge is 0.381 e. The van der Waals surface area contributed by atoms with E-state index in [1.165, 1.54) is 18.4 Å². The summed E-state index contributed by atoms with van der Waals surface area (Å²) in [6.07, 6.45) is 4.78. The first-order valence-corrected chi connectivity index (χ1v) is 7.75. The average molecular weight is 300 g/mol. The third-order valence-corrected chi connectivity index (χ3v) is 4.72. The first-order chi connectivity index (χ1) is 9.22. The second-order valence-electron chi connectivity index (χ2n) is 5.62. The van der Waals surface area contributed by atoms with Crippen molar-refractivity contribution in [1.82, 2.24) is 5.32 Å². The topological polar surface area (TPSA) is 21.3 Å². The van der Waals surface area contributed by atoms with Gasteiger partial charge in [0, 0.05) is 24.6 Å². The van der Waals surface area contributed by atoms with Gasteiger partial charge in [0.25, 0.3) is 0 Å². The molecule has 104 valence electrons. The van der Waals surface area contributed by atoms with Crippen LogP contribution >= 0.6 is 23.2 Å². The zero-order valence-electron chi connectivity index (χ0n) is 10.9. The Morgan fingerprint density at radius 2 is 2.00 bits per heavy atom. The maximum absolute atomic E-state index is 6.08. The summed E-state index contributed by atoms with van der Waals surface area (Å²) in [4.78, 5) is 0. The highest BCUT2D eigenvalue weighted by molar-refractivity contribution is 6.42. The van der Waals surface area contributed by atoms with Crippen LogP contribution in [-0.2, 0) is 11.2 Å². The van der Waals surface area contributed by atoms with Gasteiger partial charge in [0.2, 0.25) is 0 Å². The zero-order chi connectivity index (χ0) is 13.2. The Hall–Kier alpha value is -0.280. The molecule has 2 unspecified atom stereocenters. The summed E-state index contributed by atoms with van der Waals surface area (Å²) >= 11 is 12.0. The van der Waals surface area contributed by atoms with Gasteiger partial charge in [-0.1, -0.05) is 29.3 Å². The molecule has 4 heteroatoms. The summed E-state index contributed by atoms with van der Waals surface area (Å²) in [6, 6.07) is 7.26. The Bertz CT molecular complexity index is 448. The standard InChI is InChI=1S/C15H19Cl2NO/c16-13-4-1-10(8-14(13)17)7-11-9-19-6-5-15(11)18-12-2-3-12/h1,4,8,11-12,15,18H,2-3,5-7,9H2. The summed E-state index contributed by atoms with van der Waals surface area (Å²) in [5, 5.41) is 5.01.